The minimum absolute atomic E-state index is 0.0608. The van der Waals surface area contributed by atoms with Crippen LogP contribution in [0.3, 0.4) is 0 Å². The largest absolute Gasteiger partial charge is 0.479 e. The number of halogens is 2. The van der Waals surface area contributed by atoms with E-state index in [1.807, 2.05) is 13.0 Å². The first-order valence-corrected chi connectivity index (χ1v) is 7.19. The van der Waals surface area contributed by atoms with Crippen LogP contribution in [-0.2, 0) is 0 Å². The van der Waals surface area contributed by atoms with Gasteiger partial charge in [0.15, 0.2) is 0 Å². The van der Waals surface area contributed by atoms with Crippen LogP contribution in [-0.4, -0.2) is 24.0 Å². The van der Waals surface area contributed by atoms with Crippen LogP contribution in [0.4, 0.5) is 4.39 Å². The Labute approximate surface area is 138 Å². The van der Waals surface area contributed by atoms with E-state index in [1.165, 1.54) is 18.2 Å². The third kappa shape index (κ3) is 4.97. The SMILES string of the molecule is Cc1ccc(OCC#CCNC(=O)c2c(F)cccc2Cl)cn1. The summed E-state index contributed by atoms with van der Waals surface area (Å²) in [5, 5.41) is 2.54. The number of nitrogens with one attached hydrogen (secondary N) is 1. The summed E-state index contributed by atoms with van der Waals surface area (Å²) in [4.78, 5) is 15.9. The van der Waals surface area contributed by atoms with Crippen molar-refractivity contribution in [3.63, 3.8) is 0 Å². The lowest BCUT2D eigenvalue weighted by atomic mass is 10.2. The van der Waals surface area contributed by atoms with Crippen LogP contribution in [0.15, 0.2) is 36.5 Å². The number of aryl methyl sites for hydroxylation is 1. The number of hydrogen-bond acceptors (Lipinski definition) is 3. The van der Waals surface area contributed by atoms with Crippen LogP contribution in [0.2, 0.25) is 5.02 Å². The third-order valence-corrected chi connectivity index (χ3v) is 3.16. The molecule has 0 atom stereocenters. The van der Waals surface area contributed by atoms with Crippen molar-refractivity contribution in [2.75, 3.05) is 13.2 Å². The number of benzene rings is 1. The maximum atomic E-state index is 13.5. The van der Waals surface area contributed by atoms with Crippen molar-refractivity contribution in [2.24, 2.45) is 0 Å². The van der Waals surface area contributed by atoms with Gasteiger partial charge >= 0.3 is 0 Å². The molecule has 0 aliphatic rings. The molecule has 23 heavy (non-hydrogen) atoms. The second-order valence-electron chi connectivity index (χ2n) is 4.56. The first-order chi connectivity index (χ1) is 11.1. The Kier molecular flexibility index (Phi) is 5.95. The van der Waals surface area contributed by atoms with E-state index in [4.69, 9.17) is 16.3 Å². The summed E-state index contributed by atoms with van der Waals surface area (Å²) >= 11 is 5.80. The highest BCUT2D eigenvalue weighted by Gasteiger charge is 2.14. The molecule has 1 N–H and O–H groups in total. The Hall–Kier alpha value is -2.58. The maximum Gasteiger partial charge on any atom is 0.256 e. The first-order valence-electron chi connectivity index (χ1n) is 6.81. The van der Waals surface area contributed by atoms with Gasteiger partial charge in [0.25, 0.3) is 5.91 Å². The van der Waals surface area contributed by atoms with Gasteiger partial charge in [-0.15, -0.1) is 0 Å². The smallest absolute Gasteiger partial charge is 0.256 e. The Morgan fingerprint density at radius 3 is 2.87 bits per heavy atom. The first kappa shape index (κ1) is 16.8. The van der Waals surface area contributed by atoms with Gasteiger partial charge in [-0.3, -0.25) is 9.78 Å². The number of rotatable bonds is 4. The van der Waals surface area contributed by atoms with Crippen molar-refractivity contribution in [1.29, 1.82) is 0 Å². The minimum Gasteiger partial charge on any atom is -0.479 e. The Morgan fingerprint density at radius 1 is 1.35 bits per heavy atom. The van der Waals surface area contributed by atoms with Crippen LogP contribution in [0.1, 0.15) is 16.1 Å². The van der Waals surface area contributed by atoms with Crippen molar-refractivity contribution in [1.82, 2.24) is 10.3 Å². The molecular formula is C17H14ClFN2O2. The molecule has 1 heterocycles. The number of pyridine rings is 1. The zero-order chi connectivity index (χ0) is 16.7. The fourth-order valence-corrected chi connectivity index (χ4v) is 1.95. The average molecular weight is 333 g/mol. The summed E-state index contributed by atoms with van der Waals surface area (Å²) in [6.45, 7) is 2.12. The second kappa shape index (κ2) is 8.16. The molecule has 4 nitrogen and oxygen atoms in total. The molecule has 0 unspecified atom stereocenters. The summed E-state index contributed by atoms with van der Waals surface area (Å²) in [6.07, 6.45) is 1.61. The zero-order valence-electron chi connectivity index (χ0n) is 12.4. The molecule has 1 amide bonds. The van der Waals surface area contributed by atoms with E-state index >= 15 is 0 Å². The van der Waals surface area contributed by atoms with Crippen LogP contribution in [0.25, 0.3) is 0 Å². The molecule has 2 aromatic rings. The molecule has 0 spiro atoms. The molecule has 0 aliphatic carbocycles. The predicted octanol–water partition coefficient (Wildman–Crippen LogP) is 2.99. The lowest BCUT2D eigenvalue weighted by molar-refractivity contribution is 0.0955. The van der Waals surface area contributed by atoms with E-state index < -0.39 is 11.7 Å². The average Bonchev–Trinajstić information content (AvgIpc) is 2.52. The topological polar surface area (TPSA) is 51.2 Å². The molecule has 2 rings (SSSR count). The number of carbonyl (C=O) groups excluding carboxylic acids is 1. The number of nitrogens with zero attached hydrogens (tertiary/aromatic N) is 1. The summed E-state index contributed by atoms with van der Waals surface area (Å²) in [5.41, 5.74) is 0.718. The van der Waals surface area contributed by atoms with Crippen molar-refractivity contribution in [2.45, 2.75) is 6.92 Å². The van der Waals surface area contributed by atoms with Crippen LogP contribution in [0, 0.1) is 24.6 Å². The maximum absolute atomic E-state index is 13.5. The molecule has 0 fully saturated rings. The fraction of sp³-hybridized carbons (Fsp3) is 0.176. The summed E-state index contributed by atoms with van der Waals surface area (Å²) < 4.78 is 18.9. The Morgan fingerprint density at radius 2 is 2.17 bits per heavy atom. The van der Waals surface area contributed by atoms with Crippen molar-refractivity contribution in [3.05, 3.63) is 58.6 Å². The van der Waals surface area contributed by atoms with Gasteiger partial charge in [-0.05, 0) is 31.2 Å². The van der Waals surface area contributed by atoms with E-state index in [2.05, 4.69) is 22.1 Å². The van der Waals surface area contributed by atoms with Crippen LogP contribution in [0.5, 0.6) is 5.75 Å². The number of carbonyl (C=O) groups is 1. The van der Waals surface area contributed by atoms with E-state index in [1.54, 1.807) is 12.3 Å². The molecule has 0 bridgehead atoms. The standard InChI is InChI=1S/C17H14ClFN2O2/c1-12-7-8-13(11-21-12)23-10-3-2-9-20-17(22)16-14(18)5-4-6-15(16)19/h4-8,11H,9-10H2,1H3,(H,20,22). The molecule has 0 aliphatic heterocycles. The molecule has 0 saturated heterocycles. The molecule has 1 aromatic heterocycles. The lowest BCUT2D eigenvalue weighted by Crippen LogP contribution is -2.25. The molecule has 0 radical (unpaired) electrons. The number of amides is 1. The van der Waals surface area contributed by atoms with Crippen molar-refractivity contribution < 1.29 is 13.9 Å². The van der Waals surface area contributed by atoms with Crippen molar-refractivity contribution >= 4 is 17.5 Å². The molecule has 118 valence electrons. The number of ether oxygens (including phenoxy) is 1. The summed E-state index contributed by atoms with van der Waals surface area (Å²) in [6, 6.07) is 7.70. The lowest BCUT2D eigenvalue weighted by Gasteiger charge is -2.04. The van der Waals surface area contributed by atoms with Crippen LogP contribution < -0.4 is 10.1 Å². The highest BCUT2D eigenvalue weighted by Crippen LogP contribution is 2.18. The summed E-state index contributed by atoms with van der Waals surface area (Å²) in [5.74, 6) is 4.80. The van der Waals surface area contributed by atoms with E-state index in [0.717, 1.165) is 5.69 Å². The molecule has 0 saturated carbocycles. The number of aromatic nitrogens is 1. The highest BCUT2D eigenvalue weighted by atomic mass is 35.5. The van der Waals surface area contributed by atoms with Crippen molar-refractivity contribution in [3.8, 4) is 17.6 Å². The van der Waals surface area contributed by atoms with Gasteiger partial charge < -0.3 is 10.1 Å². The normalized spacial score (nSPS) is 9.70. The third-order valence-electron chi connectivity index (χ3n) is 2.85. The highest BCUT2D eigenvalue weighted by molar-refractivity contribution is 6.33. The van der Waals surface area contributed by atoms with E-state index in [-0.39, 0.29) is 23.7 Å². The fourth-order valence-electron chi connectivity index (χ4n) is 1.70. The monoisotopic (exact) mass is 332 g/mol. The van der Waals surface area contributed by atoms with Gasteiger partial charge in [0.1, 0.15) is 18.2 Å². The van der Waals surface area contributed by atoms with Gasteiger partial charge in [0.2, 0.25) is 0 Å². The van der Waals surface area contributed by atoms with Gasteiger partial charge in [-0.1, -0.05) is 29.5 Å². The van der Waals surface area contributed by atoms with Gasteiger partial charge in [-0.2, -0.15) is 0 Å². The van der Waals surface area contributed by atoms with E-state index in [0.29, 0.717) is 5.75 Å². The Balaban J connectivity index is 1.79. The van der Waals surface area contributed by atoms with Gasteiger partial charge in [0, 0.05) is 5.69 Å². The zero-order valence-corrected chi connectivity index (χ0v) is 13.2. The molecule has 1 aromatic carbocycles. The van der Waals surface area contributed by atoms with Gasteiger partial charge in [0.05, 0.1) is 23.3 Å². The summed E-state index contributed by atoms with van der Waals surface area (Å²) in [7, 11) is 0. The van der Waals surface area contributed by atoms with E-state index in [9.17, 15) is 9.18 Å². The molecular weight excluding hydrogens is 319 g/mol. The molecule has 6 heteroatoms. The van der Waals surface area contributed by atoms with Gasteiger partial charge in [-0.25, -0.2) is 4.39 Å². The van der Waals surface area contributed by atoms with Crippen LogP contribution >= 0.6 is 11.6 Å². The second-order valence-corrected chi connectivity index (χ2v) is 4.96. The number of hydrogen-bond donors (Lipinski definition) is 1. The Bertz CT molecular complexity index is 731. The quantitative estimate of drug-likeness (QED) is 0.876. The predicted molar refractivity (Wildman–Crippen MR) is 86.0 cm³/mol. The minimum atomic E-state index is -0.668.